The Labute approximate surface area is 286 Å². The van der Waals surface area contributed by atoms with Gasteiger partial charge in [0.25, 0.3) is 0 Å². The van der Waals surface area contributed by atoms with Crippen molar-refractivity contribution in [3.05, 3.63) is 164 Å². The fourth-order valence-corrected chi connectivity index (χ4v) is 7.99. The van der Waals surface area contributed by atoms with E-state index in [9.17, 15) is 0 Å². The predicted molar refractivity (Wildman–Crippen MR) is 206 cm³/mol. The molecule has 0 aliphatic rings. The maximum absolute atomic E-state index is 5.52. The maximum atomic E-state index is 5.52. The lowest BCUT2D eigenvalue weighted by atomic mass is 10.0. The van der Waals surface area contributed by atoms with Crippen LogP contribution >= 0.6 is 0 Å². The zero-order chi connectivity index (χ0) is 32.8. The summed E-state index contributed by atoms with van der Waals surface area (Å²) in [6.45, 7) is 0. The van der Waals surface area contributed by atoms with E-state index in [2.05, 4.69) is 173 Å². The number of aromatic nitrogens is 5. The summed E-state index contributed by atoms with van der Waals surface area (Å²) in [5.41, 5.74) is 10.0. The molecule has 232 valence electrons. The molecule has 0 aliphatic heterocycles. The molecule has 5 nitrogen and oxygen atoms in total. The lowest BCUT2D eigenvalue weighted by molar-refractivity contribution is 0.993. The van der Waals surface area contributed by atoms with Crippen LogP contribution in [0.15, 0.2) is 164 Å². The SMILES string of the molecule is c1ccc(-c2nc(-n3c(-c4ccccc4)c4c5c(cccc53)c3ccccc3n3c5ccccc5nc43)nc3ccc4ccccc4c23)cc1. The van der Waals surface area contributed by atoms with Crippen LogP contribution in [0.1, 0.15) is 0 Å². The molecule has 4 heterocycles. The fourth-order valence-electron chi connectivity index (χ4n) is 7.99. The van der Waals surface area contributed by atoms with E-state index in [4.69, 9.17) is 15.0 Å². The number of hydrogen-bond donors (Lipinski definition) is 0. The van der Waals surface area contributed by atoms with Crippen LogP contribution in [0.5, 0.6) is 0 Å². The first-order valence-corrected chi connectivity index (χ1v) is 16.9. The van der Waals surface area contributed by atoms with Crippen molar-refractivity contribution in [2.45, 2.75) is 0 Å². The lowest BCUT2D eigenvalue weighted by Gasteiger charge is -2.15. The van der Waals surface area contributed by atoms with Crippen molar-refractivity contribution in [2.75, 3.05) is 0 Å². The molecule has 11 aromatic rings. The summed E-state index contributed by atoms with van der Waals surface area (Å²) in [7, 11) is 0. The van der Waals surface area contributed by atoms with E-state index in [1.54, 1.807) is 0 Å². The van der Waals surface area contributed by atoms with E-state index < -0.39 is 0 Å². The Morgan fingerprint density at radius 1 is 0.380 bits per heavy atom. The van der Waals surface area contributed by atoms with Gasteiger partial charge in [-0.25, -0.2) is 15.0 Å². The molecule has 0 aliphatic carbocycles. The van der Waals surface area contributed by atoms with Crippen molar-refractivity contribution >= 4 is 70.9 Å². The van der Waals surface area contributed by atoms with E-state index in [0.717, 1.165) is 93.4 Å². The van der Waals surface area contributed by atoms with E-state index in [1.807, 2.05) is 0 Å². The van der Waals surface area contributed by atoms with Crippen molar-refractivity contribution in [3.63, 3.8) is 0 Å². The second kappa shape index (κ2) is 10.3. The third-order valence-electron chi connectivity index (χ3n) is 10.1. The molecule has 0 amide bonds. The first-order valence-electron chi connectivity index (χ1n) is 16.9. The average Bonchev–Trinajstić information content (AvgIpc) is 3.71. The highest BCUT2D eigenvalue weighted by molar-refractivity contribution is 6.26. The number of para-hydroxylation sites is 3. The summed E-state index contributed by atoms with van der Waals surface area (Å²) >= 11 is 0. The molecule has 0 atom stereocenters. The number of rotatable bonds is 3. The normalized spacial score (nSPS) is 12.0. The van der Waals surface area contributed by atoms with Crippen molar-refractivity contribution < 1.29 is 0 Å². The van der Waals surface area contributed by atoms with Gasteiger partial charge in [-0.1, -0.05) is 133 Å². The number of nitrogens with zero attached hydrogens (tertiary/aromatic N) is 5. The van der Waals surface area contributed by atoms with Gasteiger partial charge in [-0.05, 0) is 52.1 Å². The molecule has 4 aromatic heterocycles. The molecule has 7 aromatic carbocycles. The van der Waals surface area contributed by atoms with E-state index in [1.165, 1.54) is 0 Å². The molecule has 0 bridgehead atoms. The molecule has 50 heavy (non-hydrogen) atoms. The molecule has 0 spiro atoms. The Bertz CT molecular complexity index is 3140. The molecular weight excluding hydrogens is 611 g/mol. The molecule has 0 N–H and O–H groups in total. The third-order valence-corrected chi connectivity index (χ3v) is 10.1. The summed E-state index contributed by atoms with van der Waals surface area (Å²) in [4.78, 5) is 16.3. The van der Waals surface area contributed by atoms with Gasteiger partial charge < -0.3 is 0 Å². The number of hydrogen-bond acceptors (Lipinski definition) is 3. The first kappa shape index (κ1) is 27.1. The predicted octanol–water partition coefficient (Wildman–Crippen LogP) is 11.2. The van der Waals surface area contributed by atoms with Crippen molar-refractivity contribution in [3.8, 4) is 28.5 Å². The highest BCUT2D eigenvalue weighted by Crippen LogP contribution is 2.44. The quantitative estimate of drug-likeness (QED) is 0.181. The van der Waals surface area contributed by atoms with E-state index in [0.29, 0.717) is 5.95 Å². The van der Waals surface area contributed by atoms with Crippen LogP contribution in [-0.4, -0.2) is 23.9 Å². The number of fused-ring (bicyclic) bond motifs is 10. The Morgan fingerprint density at radius 2 is 1.04 bits per heavy atom. The average molecular weight is 638 g/mol. The summed E-state index contributed by atoms with van der Waals surface area (Å²) in [6, 6.07) is 57.6. The zero-order valence-corrected chi connectivity index (χ0v) is 26.8. The minimum absolute atomic E-state index is 0.621. The van der Waals surface area contributed by atoms with Crippen LogP contribution in [0.4, 0.5) is 0 Å². The summed E-state index contributed by atoms with van der Waals surface area (Å²) in [5.74, 6) is 0.621. The summed E-state index contributed by atoms with van der Waals surface area (Å²) in [5, 5.41) is 7.88. The largest absolute Gasteiger partial charge is 0.292 e. The van der Waals surface area contributed by atoms with Gasteiger partial charge >= 0.3 is 0 Å². The van der Waals surface area contributed by atoms with Crippen LogP contribution < -0.4 is 0 Å². The van der Waals surface area contributed by atoms with Gasteiger partial charge in [-0.15, -0.1) is 0 Å². The van der Waals surface area contributed by atoms with Gasteiger partial charge in [0.15, 0.2) is 0 Å². The van der Waals surface area contributed by atoms with Crippen LogP contribution in [0.3, 0.4) is 0 Å². The van der Waals surface area contributed by atoms with Crippen LogP contribution in [0, 0.1) is 0 Å². The molecule has 0 saturated carbocycles. The van der Waals surface area contributed by atoms with Crippen molar-refractivity contribution in [1.29, 1.82) is 0 Å². The van der Waals surface area contributed by atoms with Crippen LogP contribution in [0.2, 0.25) is 0 Å². The monoisotopic (exact) mass is 637 g/mol. The molecule has 0 unspecified atom stereocenters. The topological polar surface area (TPSA) is 48.0 Å². The van der Waals surface area contributed by atoms with E-state index >= 15 is 0 Å². The smallest absolute Gasteiger partial charge is 0.235 e. The van der Waals surface area contributed by atoms with Crippen LogP contribution in [0.25, 0.3) is 99.4 Å². The Balaban J connectivity index is 1.40. The van der Waals surface area contributed by atoms with Gasteiger partial charge in [0.05, 0.1) is 44.4 Å². The molecular formula is C45H27N5. The standard InChI is InChI=1S/C45H27N5/c1-3-15-29(16-4-1)42-39-31-19-8-7-14-28(31)26-27-35(39)47-45(48-42)50-38-25-13-21-33-32-20-9-11-23-36(32)49-37-24-12-10-22-34(37)46-44(49)41(40(33)38)43(50)30-17-5-2-6-18-30/h1-27H. The van der Waals surface area contributed by atoms with Gasteiger partial charge in [0.1, 0.15) is 5.65 Å². The number of imidazole rings is 1. The highest BCUT2D eigenvalue weighted by Gasteiger charge is 2.26. The summed E-state index contributed by atoms with van der Waals surface area (Å²) < 4.78 is 4.60. The van der Waals surface area contributed by atoms with Gasteiger partial charge in [-0.2, -0.15) is 0 Å². The number of benzene rings is 7. The molecule has 0 fully saturated rings. The second-order valence-electron chi connectivity index (χ2n) is 12.8. The van der Waals surface area contributed by atoms with Gasteiger partial charge in [-0.3, -0.25) is 8.97 Å². The lowest BCUT2D eigenvalue weighted by Crippen LogP contribution is -2.05. The van der Waals surface area contributed by atoms with Crippen molar-refractivity contribution in [1.82, 2.24) is 23.9 Å². The minimum Gasteiger partial charge on any atom is -0.292 e. The molecule has 0 radical (unpaired) electrons. The maximum Gasteiger partial charge on any atom is 0.235 e. The molecule has 11 rings (SSSR count). The molecule has 5 heteroatoms. The fraction of sp³-hybridized carbons (Fsp3) is 0. The van der Waals surface area contributed by atoms with Crippen LogP contribution in [-0.2, 0) is 0 Å². The zero-order valence-electron chi connectivity index (χ0n) is 26.8. The molecule has 0 saturated heterocycles. The van der Waals surface area contributed by atoms with E-state index in [-0.39, 0.29) is 0 Å². The minimum atomic E-state index is 0.621. The Morgan fingerprint density at radius 3 is 1.88 bits per heavy atom. The highest BCUT2D eigenvalue weighted by atomic mass is 15.2. The van der Waals surface area contributed by atoms with Crippen molar-refractivity contribution in [2.24, 2.45) is 0 Å². The summed E-state index contributed by atoms with van der Waals surface area (Å²) in [6.07, 6.45) is 0. The third kappa shape index (κ3) is 3.74. The first-order chi connectivity index (χ1) is 24.8. The Kier molecular flexibility index (Phi) is 5.60. The van der Waals surface area contributed by atoms with Gasteiger partial charge in [0.2, 0.25) is 5.95 Å². The second-order valence-corrected chi connectivity index (χ2v) is 12.8. The van der Waals surface area contributed by atoms with Gasteiger partial charge in [0, 0.05) is 21.7 Å². The Hall–Kier alpha value is -6.85.